The summed E-state index contributed by atoms with van der Waals surface area (Å²) in [6, 6.07) is 3.44. The Morgan fingerprint density at radius 3 is 2.63 bits per heavy atom. The molecule has 1 aliphatic carbocycles. The van der Waals surface area contributed by atoms with Gasteiger partial charge in [-0.25, -0.2) is 13.1 Å². The fourth-order valence-electron chi connectivity index (χ4n) is 1.54. The van der Waals surface area contributed by atoms with E-state index in [1.54, 1.807) is 0 Å². The van der Waals surface area contributed by atoms with Crippen molar-refractivity contribution in [2.24, 2.45) is 5.41 Å². The van der Waals surface area contributed by atoms with Crippen LogP contribution >= 0.6 is 11.6 Å². The van der Waals surface area contributed by atoms with Gasteiger partial charge in [0.1, 0.15) is 5.02 Å². The molecule has 1 aromatic carbocycles. The number of hydrogen-bond acceptors (Lipinski definition) is 4. The van der Waals surface area contributed by atoms with Crippen molar-refractivity contribution in [3.63, 3.8) is 0 Å². The van der Waals surface area contributed by atoms with Crippen LogP contribution in [0.4, 0.5) is 5.69 Å². The minimum absolute atomic E-state index is 0.0193. The predicted molar refractivity (Wildman–Crippen MR) is 70.6 cm³/mol. The molecule has 0 atom stereocenters. The van der Waals surface area contributed by atoms with Crippen LogP contribution < -0.4 is 4.72 Å². The van der Waals surface area contributed by atoms with Gasteiger partial charge in [-0.3, -0.25) is 10.1 Å². The molecular formula is C11H13ClN2O4S. The number of nitro groups is 1. The van der Waals surface area contributed by atoms with E-state index in [0.717, 1.165) is 18.9 Å². The Hall–Kier alpha value is -1.18. The van der Waals surface area contributed by atoms with E-state index in [2.05, 4.69) is 4.72 Å². The van der Waals surface area contributed by atoms with Crippen molar-refractivity contribution in [1.82, 2.24) is 4.72 Å². The molecule has 0 aliphatic heterocycles. The Bertz CT molecular complexity index is 626. The summed E-state index contributed by atoms with van der Waals surface area (Å²) in [4.78, 5) is 9.88. The average Bonchev–Trinajstić information content (AvgIpc) is 3.06. The van der Waals surface area contributed by atoms with E-state index in [9.17, 15) is 18.5 Å². The zero-order valence-corrected chi connectivity index (χ0v) is 11.8. The van der Waals surface area contributed by atoms with Gasteiger partial charge in [-0.15, -0.1) is 0 Å². The van der Waals surface area contributed by atoms with Gasteiger partial charge in [-0.05, 0) is 30.4 Å². The highest BCUT2D eigenvalue weighted by Crippen LogP contribution is 2.44. The minimum Gasteiger partial charge on any atom is -0.258 e. The molecule has 0 saturated heterocycles. The number of nitrogens with zero attached hydrogens (tertiary/aromatic N) is 1. The molecule has 0 unspecified atom stereocenters. The first-order valence-electron chi connectivity index (χ1n) is 5.67. The van der Waals surface area contributed by atoms with Gasteiger partial charge in [-0.2, -0.15) is 0 Å². The van der Waals surface area contributed by atoms with Crippen LogP contribution in [0.1, 0.15) is 19.8 Å². The van der Waals surface area contributed by atoms with Crippen LogP contribution in [0.2, 0.25) is 5.02 Å². The average molecular weight is 305 g/mol. The summed E-state index contributed by atoms with van der Waals surface area (Å²) in [5, 5.41) is 10.6. The van der Waals surface area contributed by atoms with Crippen molar-refractivity contribution in [2.45, 2.75) is 24.7 Å². The fourth-order valence-corrected chi connectivity index (χ4v) is 2.95. The van der Waals surface area contributed by atoms with E-state index >= 15 is 0 Å². The first-order valence-corrected chi connectivity index (χ1v) is 7.53. The van der Waals surface area contributed by atoms with Crippen LogP contribution in [-0.2, 0) is 10.0 Å². The normalized spacial score (nSPS) is 17.2. The van der Waals surface area contributed by atoms with Crippen molar-refractivity contribution < 1.29 is 13.3 Å². The zero-order chi connectivity index (χ0) is 14.3. The quantitative estimate of drug-likeness (QED) is 0.668. The Morgan fingerprint density at radius 1 is 1.47 bits per heavy atom. The largest absolute Gasteiger partial charge is 0.289 e. The lowest BCUT2D eigenvalue weighted by molar-refractivity contribution is -0.384. The van der Waals surface area contributed by atoms with E-state index in [1.807, 2.05) is 6.92 Å². The van der Waals surface area contributed by atoms with Gasteiger partial charge in [0.05, 0.1) is 9.82 Å². The number of sulfonamides is 1. The Labute approximate surface area is 116 Å². The summed E-state index contributed by atoms with van der Waals surface area (Å²) in [6.45, 7) is 2.32. The lowest BCUT2D eigenvalue weighted by Crippen LogP contribution is -2.29. The molecule has 0 radical (unpaired) electrons. The second-order valence-electron chi connectivity index (χ2n) is 5.01. The monoisotopic (exact) mass is 304 g/mol. The topological polar surface area (TPSA) is 89.3 Å². The molecule has 0 amide bonds. The van der Waals surface area contributed by atoms with Crippen LogP contribution in [0.15, 0.2) is 23.1 Å². The first-order chi connectivity index (χ1) is 8.73. The number of nitro benzene ring substituents is 1. The van der Waals surface area contributed by atoms with Gasteiger partial charge in [0.25, 0.3) is 5.69 Å². The van der Waals surface area contributed by atoms with E-state index in [0.29, 0.717) is 6.54 Å². The standard InChI is InChI=1S/C11H13ClN2O4S/c1-11(4-5-11)7-13-19(17,18)8-2-3-9(12)10(6-8)14(15)16/h2-3,6,13H,4-5,7H2,1H3. The van der Waals surface area contributed by atoms with Gasteiger partial charge in [0, 0.05) is 12.6 Å². The fraction of sp³-hybridized carbons (Fsp3) is 0.455. The number of nitrogens with one attached hydrogen (secondary N) is 1. The third-order valence-corrected chi connectivity index (χ3v) is 4.94. The third-order valence-electron chi connectivity index (χ3n) is 3.22. The molecule has 0 heterocycles. The molecule has 8 heteroatoms. The maximum atomic E-state index is 12.0. The molecule has 1 N–H and O–H groups in total. The summed E-state index contributed by atoms with van der Waals surface area (Å²) < 4.78 is 26.5. The van der Waals surface area contributed by atoms with E-state index in [-0.39, 0.29) is 15.3 Å². The van der Waals surface area contributed by atoms with Gasteiger partial charge in [0.2, 0.25) is 10.0 Å². The molecule has 0 bridgehead atoms. The van der Waals surface area contributed by atoms with E-state index in [4.69, 9.17) is 11.6 Å². The van der Waals surface area contributed by atoms with Gasteiger partial charge in [0.15, 0.2) is 0 Å². The highest BCUT2D eigenvalue weighted by Gasteiger charge is 2.38. The lowest BCUT2D eigenvalue weighted by atomic mass is 10.2. The summed E-state index contributed by atoms with van der Waals surface area (Å²) >= 11 is 5.64. The van der Waals surface area contributed by atoms with Crippen molar-refractivity contribution in [3.8, 4) is 0 Å². The van der Waals surface area contributed by atoms with Crippen molar-refractivity contribution in [1.29, 1.82) is 0 Å². The Balaban J connectivity index is 2.24. The molecule has 1 aliphatic rings. The third kappa shape index (κ3) is 3.23. The van der Waals surface area contributed by atoms with Crippen molar-refractivity contribution in [2.75, 3.05) is 6.54 Å². The van der Waals surface area contributed by atoms with Gasteiger partial charge in [-0.1, -0.05) is 18.5 Å². The van der Waals surface area contributed by atoms with Crippen LogP contribution in [0, 0.1) is 15.5 Å². The number of benzene rings is 1. The van der Waals surface area contributed by atoms with Crippen molar-refractivity contribution in [3.05, 3.63) is 33.3 Å². The molecule has 1 fully saturated rings. The SMILES string of the molecule is CC1(CNS(=O)(=O)c2ccc(Cl)c([N+](=O)[O-])c2)CC1. The molecule has 104 valence electrons. The second kappa shape index (κ2) is 4.73. The first kappa shape index (κ1) is 14.2. The molecule has 19 heavy (non-hydrogen) atoms. The van der Waals surface area contributed by atoms with Crippen LogP contribution in [-0.4, -0.2) is 19.9 Å². The Morgan fingerprint density at radius 2 is 2.11 bits per heavy atom. The van der Waals surface area contributed by atoms with Crippen LogP contribution in [0.25, 0.3) is 0 Å². The predicted octanol–water partition coefficient (Wildman–Crippen LogP) is 2.33. The summed E-state index contributed by atoms with van der Waals surface area (Å²) in [6.07, 6.45) is 1.96. The summed E-state index contributed by atoms with van der Waals surface area (Å²) in [7, 11) is -3.74. The highest BCUT2D eigenvalue weighted by atomic mass is 35.5. The summed E-state index contributed by atoms with van der Waals surface area (Å²) in [5.74, 6) is 0. The number of halogens is 1. The van der Waals surface area contributed by atoms with Crippen molar-refractivity contribution >= 4 is 27.3 Å². The minimum atomic E-state index is -3.74. The molecule has 1 aromatic rings. The highest BCUT2D eigenvalue weighted by molar-refractivity contribution is 7.89. The number of rotatable bonds is 5. The summed E-state index contributed by atoms with van der Waals surface area (Å²) in [5.41, 5.74) is -0.395. The molecule has 0 spiro atoms. The zero-order valence-electron chi connectivity index (χ0n) is 10.2. The van der Waals surface area contributed by atoms with Gasteiger partial charge >= 0.3 is 0 Å². The molecule has 0 aromatic heterocycles. The van der Waals surface area contributed by atoms with Gasteiger partial charge < -0.3 is 0 Å². The maximum Gasteiger partial charge on any atom is 0.289 e. The molecular weight excluding hydrogens is 292 g/mol. The molecule has 1 saturated carbocycles. The van der Waals surface area contributed by atoms with Crippen LogP contribution in [0.5, 0.6) is 0 Å². The Kier molecular flexibility index (Phi) is 3.55. The van der Waals surface area contributed by atoms with E-state index < -0.39 is 20.6 Å². The molecule has 2 rings (SSSR count). The van der Waals surface area contributed by atoms with Crippen LogP contribution in [0.3, 0.4) is 0 Å². The number of hydrogen-bond donors (Lipinski definition) is 1. The van der Waals surface area contributed by atoms with E-state index in [1.165, 1.54) is 12.1 Å². The molecule has 6 nitrogen and oxygen atoms in total. The second-order valence-corrected chi connectivity index (χ2v) is 7.18. The smallest absolute Gasteiger partial charge is 0.258 e. The lowest BCUT2D eigenvalue weighted by Gasteiger charge is -2.10. The maximum absolute atomic E-state index is 12.0.